The van der Waals surface area contributed by atoms with E-state index in [1.54, 1.807) is 6.07 Å². The highest BCUT2D eigenvalue weighted by atomic mass is 32.2. The van der Waals surface area contributed by atoms with Crippen LogP contribution in [0.3, 0.4) is 0 Å². The fraction of sp³-hybridized carbons (Fsp3) is 0.462. The predicted molar refractivity (Wildman–Crippen MR) is 70.9 cm³/mol. The van der Waals surface area contributed by atoms with E-state index < -0.39 is 5.60 Å². The summed E-state index contributed by atoms with van der Waals surface area (Å²) in [5, 5.41) is 0. The van der Waals surface area contributed by atoms with Crippen LogP contribution in [-0.2, 0) is 16.1 Å². The lowest BCUT2D eigenvalue weighted by atomic mass is 10.2. The molecule has 1 aromatic carbocycles. The van der Waals surface area contributed by atoms with E-state index in [0.29, 0.717) is 10.5 Å². The van der Waals surface area contributed by atoms with E-state index in [1.807, 2.05) is 20.8 Å². The van der Waals surface area contributed by atoms with Gasteiger partial charge in [-0.25, -0.2) is 4.39 Å². The van der Waals surface area contributed by atoms with Crippen molar-refractivity contribution >= 4 is 17.7 Å². The summed E-state index contributed by atoms with van der Waals surface area (Å²) in [6.45, 7) is 5.70. The summed E-state index contributed by atoms with van der Waals surface area (Å²) in [5.74, 6) is -0.499. The Morgan fingerprint density at radius 2 is 2.06 bits per heavy atom. The van der Waals surface area contributed by atoms with E-state index >= 15 is 0 Å². The van der Waals surface area contributed by atoms with Crippen LogP contribution in [0.25, 0.3) is 0 Å². The van der Waals surface area contributed by atoms with Crippen LogP contribution in [-0.4, -0.2) is 17.3 Å². The molecule has 0 heterocycles. The van der Waals surface area contributed by atoms with Gasteiger partial charge in [0, 0.05) is 11.4 Å². The minimum atomic E-state index is -0.498. The van der Waals surface area contributed by atoms with Crippen LogP contribution in [0.5, 0.6) is 0 Å². The number of hydrogen-bond donors (Lipinski definition) is 1. The average molecular weight is 271 g/mol. The maximum atomic E-state index is 13.2. The summed E-state index contributed by atoms with van der Waals surface area (Å²) in [7, 11) is 0. The smallest absolute Gasteiger partial charge is 0.316 e. The number of carbonyl (C=O) groups is 1. The van der Waals surface area contributed by atoms with Gasteiger partial charge in [0.25, 0.3) is 0 Å². The van der Waals surface area contributed by atoms with Gasteiger partial charge in [0.2, 0.25) is 0 Å². The molecule has 0 saturated heterocycles. The topological polar surface area (TPSA) is 52.3 Å². The number of hydrogen-bond acceptors (Lipinski definition) is 4. The highest BCUT2D eigenvalue weighted by Gasteiger charge is 2.16. The number of benzene rings is 1. The second-order valence-corrected chi connectivity index (χ2v) is 5.92. The van der Waals surface area contributed by atoms with Gasteiger partial charge in [-0.3, -0.25) is 4.79 Å². The third kappa shape index (κ3) is 5.51. The van der Waals surface area contributed by atoms with Gasteiger partial charge in [0.1, 0.15) is 11.4 Å². The number of esters is 1. The molecule has 0 saturated carbocycles. The fourth-order valence-corrected chi connectivity index (χ4v) is 2.11. The van der Waals surface area contributed by atoms with Crippen LogP contribution in [0.2, 0.25) is 0 Å². The van der Waals surface area contributed by atoms with Crippen LogP contribution in [0, 0.1) is 5.82 Å². The molecule has 0 aromatic heterocycles. The van der Waals surface area contributed by atoms with Crippen molar-refractivity contribution in [1.29, 1.82) is 0 Å². The number of rotatable bonds is 4. The number of ether oxygens (including phenoxy) is 1. The first-order valence-corrected chi connectivity index (χ1v) is 6.63. The molecule has 0 fully saturated rings. The molecule has 5 heteroatoms. The van der Waals surface area contributed by atoms with Crippen LogP contribution in [0.4, 0.5) is 4.39 Å². The van der Waals surface area contributed by atoms with E-state index in [2.05, 4.69) is 0 Å². The van der Waals surface area contributed by atoms with Crippen molar-refractivity contribution in [3.05, 3.63) is 29.6 Å². The third-order valence-electron chi connectivity index (χ3n) is 1.94. The fourth-order valence-electron chi connectivity index (χ4n) is 1.34. The molecule has 0 aliphatic rings. The first-order valence-electron chi connectivity index (χ1n) is 5.64. The lowest BCUT2D eigenvalue weighted by Crippen LogP contribution is -2.24. The molecule has 0 aliphatic carbocycles. The Hall–Kier alpha value is -1.07. The lowest BCUT2D eigenvalue weighted by Gasteiger charge is -2.19. The zero-order chi connectivity index (χ0) is 13.8. The lowest BCUT2D eigenvalue weighted by molar-refractivity contribution is -0.151. The van der Waals surface area contributed by atoms with Gasteiger partial charge in [0.15, 0.2) is 0 Å². The molecular formula is C13H18FNO2S. The van der Waals surface area contributed by atoms with Crippen molar-refractivity contribution < 1.29 is 13.9 Å². The Morgan fingerprint density at radius 1 is 1.39 bits per heavy atom. The molecule has 0 bridgehead atoms. The van der Waals surface area contributed by atoms with Gasteiger partial charge >= 0.3 is 5.97 Å². The van der Waals surface area contributed by atoms with Gasteiger partial charge in [-0.2, -0.15) is 0 Å². The number of halogens is 1. The number of thioether (sulfide) groups is 1. The van der Waals surface area contributed by atoms with Crippen molar-refractivity contribution in [2.24, 2.45) is 5.73 Å². The van der Waals surface area contributed by atoms with Crippen LogP contribution in [0.1, 0.15) is 26.3 Å². The van der Waals surface area contributed by atoms with Crippen molar-refractivity contribution in [3.63, 3.8) is 0 Å². The van der Waals surface area contributed by atoms with Gasteiger partial charge in [-0.05, 0) is 44.5 Å². The number of nitrogens with two attached hydrogens (primary N) is 1. The van der Waals surface area contributed by atoms with E-state index in [4.69, 9.17) is 10.5 Å². The second-order valence-electron chi connectivity index (χ2n) is 4.87. The first kappa shape index (κ1) is 15.0. The predicted octanol–water partition coefficient (Wildman–Crippen LogP) is 2.72. The molecule has 0 spiro atoms. The summed E-state index contributed by atoms with van der Waals surface area (Å²) in [5.41, 5.74) is 5.67. The minimum Gasteiger partial charge on any atom is -0.459 e. The van der Waals surface area contributed by atoms with Gasteiger partial charge in [-0.1, -0.05) is 0 Å². The summed E-state index contributed by atoms with van der Waals surface area (Å²) in [4.78, 5) is 12.2. The Bertz CT molecular complexity index is 429. The number of carbonyl (C=O) groups excluding carboxylic acids is 1. The maximum Gasteiger partial charge on any atom is 0.316 e. The molecule has 3 nitrogen and oxygen atoms in total. The summed E-state index contributed by atoms with van der Waals surface area (Å²) in [6.07, 6.45) is 0. The average Bonchev–Trinajstić information content (AvgIpc) is 2.23. The Labute approximate surface area is 111 Å². The van der Waals surface area contributed by atoms with Crippen LogP contribution < -0.4 is 5.73 Å². The minimum absolute atomic E-state index is 0.157. The molecular weight excluding hydrogens is 253 g/mol. The highest BCUT2D eigenvalue weighted by Crippen LogP contribution is 2.22. The zero-order valence-corrected chi connectivity index (χ0v) is 11.6. The van der Waals surface area contributed by atoms with Crippen LogP contribution >= 0.6 is 11.8 Å². The molecule has 1 aromatic rings. The maximum absolute atomic E-state index is 13.2. The van der Waals surface area contributed by atoms with E-state index in [1.165, 1.54) is 23.9 Å². The zero-order valence-electron chi connectivity index (χ0n) is 10.8. The van der Waals surface area contributed by atoms with E-state index in [9.17, 15) is 9.18 Å². The summed E-state index contributed by atoms with van der Waals surface area (Å²) < 4.78 is 18.4. The van der Waals surface area contributed by atoms with Crippen LogP contribution in [0.15, 0.2) is 23.1 Å². The molecule has 18 heavy (non-hydrogen) atoms. The van der Waals surface area contributed by atoms with E-state index in [0.717, 1.165) is 0 Å². The summed E-state index contributed by atoms with van der Waals surface area (Å²) >= 11 is 1.24. The van der Waals surface area contributed by atoms with Gasteiger partial charge in [-0.15, -0.1) is 11.8 Å². The Kier molecular flexibility index (Phi) is 5.16. The van der Waals surface area contributed by atoms with Crippen molar-refractivity contribution in [3.8, 4) is 0 Å². The quantitative estimate of drug-likeness (QED) is 0.676. The molecule has 2 N–H and O–H groups in total. The highest BCUT2D eigenvalue weighted by molar-refractivity contribution is 8.00. The second kappa shape index (κ2) is 6.20. The monoisotopic (exact) mass is 271 g/mol. The Balaban J connectivity index is 2.58. The molecule has 100 valence electrons. The van der Waals surface area contributed by atoms with Gasteiger partial charge < -0.3 is 10.5 Å². The summed E-state index contributed by atoms with van der Waals surface area (Å²) in [6, 6.07) is 4.55. The van der Waals surface area contributed by atoms with Crippen molar-refractivity contribution in [2.45, 2.75) is 37.8 Å². The standard InChI is InChI=1S/C13H18FNO2S/c1-13(2,3)17-12(16)8-18-11-5-9(7-15)4-10(14)6-11/h4-6H,7-8,15H2,1-3H3. The van der Waals surface area contributed by atoms with Crippen molar-refractivity contribution in [1.82, 2.24) is 0 Å². The molecule has 0 aliphatic heterocycles. The SMILES string of the molecule is CC(C)(C)OC(=O)CSc1cc(F)cc(CN)c1. The molecule has 0 unspecified atom stereocenters. The molecule has 0 radical (unpaired) electrons. The van der Waals surface area contributed by atoms with E-state index in [-0.39, 0.29) is 24.1 Å². The first-order chi connectivity index (χ1) is 8.30. The normalized spacial score (nSPS) is 11.4. The third-order valence-corrected chi connectivity index (χ3v) is 2.89. The molecule has 0 atom stereocenters. The molecule has 1 rings (SSSR count). The molecule has 0 amide bonds. The Morgan fingerprint density at radius 3 is 2.61 bits per heavy atom. The van der Waals surface area contributed by atoms with Crippen molar-refractivity contribution in [2.75, 3.05) is 5.75 Å². The van der Waals surface area contributed by atoms with Gasteiger partial charge in [0.05, 0.1) is 5.75 Å². The largest absolute Gasteiger partial charge is 0.459 e.